The summed E-state index contributed by atoms with van der Waals surface area (Å²) in [6.07, 6.45) is -2.61. The Hall–Kier alpha value is -2.65. The molecule has 2 saturated heterocycles. The molecule has 0 unspecified atom stereocenters. The van der Waals surface area contributed by atoms with E-state index in [1.54, 1.807) is 29.2 Å². The van der Waals surface area contributed by atoms with Crippen LogP contribution >= 0.6 is 11.6 Å². The highest BCUT2D eigenvalue weighted by molar-refractivity contribution is 6.36. The summed E-state index contributed by atoms with van der Waals surface area (Å²) in [6.45, 7) is 4.66. The first-order valence-electron chi connectivity index (χ1n) is 10.5. The molecule has 4 heterocycles. The monoisotopic (exact) mass is 463 g/mol. The van der Waals surface area contributed by atoms with Gasteiger partial charge in [-0.1, -0.05) is 41.4 Å². The topological polar surface area (TPSA) is 53.7 Å². The third-order valence-corrected chi connectivity index (χ3v) is 6.60. The minimum Gasteiger partial charge on any atom is -0.334 e. The summed E-state index contributed by atoms with van der Waals surface area (Å²) in [5.41, 5.74) is 0.205. The number of carbonyl (C=O) groups is 1. The SMILES string of the molecule is Cc1ccc(-c2cc(C(F)(F)F)n3nc(C(=O)N4CCN5CCC[C@H]5C4)c(Cl)c3n2)cc1. The lowest BCUT2D eigenvalue weighted by Crippen LogP contribution is -2.52. The van der Waals surface area contributed by atoms with Crippen LogP contribution in [0.5, 0.6) is 0 Å². The van der Waals surface area contributed by atoms with Crippen LogP contribution in [0.1, 0.15) is 34.6 Å². The van der Waals surface area contributed by atoms with E-state index in [4.69, 9.17) is 11.6 Å². The van der Waals surface area contributed by atoms with Gasteiger partial charge in [-0.2, -0.15) is 18.3 Å². The first-order chi connectivity index (χ1) is 15.2. The van der Waals surface area contributed by atoms with Gasteiger partial charge in [0.1, 0.15) is 5.02 Å². The maximum Gasteiger partial charge on any atom is 0.433 e. The molecule has 2 aromatic heterocycles. The molecule has 1 atom stereocenters. The summed E-state index contributed by atoms with van der Waals surface area (Å²) in [5, 5.41) is 3.82. The predicted octanol–water partition coefficient (Wildman–Crippen LogP) is 4.30. The van der Waals surface area contributed by atoms with Gasteiger partial charge in [-0.3, -0.25) is 9.69 Å². The van der Waals surface area contributed by atoms with Crippen LogP contribution in [-0.2, 0) is 6.18 Å². The zero-order valence-electron chi connectivity index (χ0n) is 17.4. The molecule has 168 valence electrons. The number of amides is 1. The highest BCUT2D eigenvalue weighted by Gasteiger charge is 2.38. The Morgan fingerprint density at radius 3 is 2.62 bits per heavy atom. The number of aromatic nitrogens is 3. The van der Waals surface area contributed by atoms with Crippen LogP contribution in [0.25, 0.3) is 16.9 Å². The van der Waals surface area contributed by atoms with Crippen molar-refractivity contribution >= 4 is 23.2 Å². The molecule has 2 aliphatic rings. The number of benzene rings is 1. The van der Waals surface area contributed by atoms with Crippen molar-refractivity contribution in [2.45, 2.75) is 32.0 Å². The molecule has 2 aliphatic heterocycles. The smallest absolute Gasteiger partial charge is 0.334 e. The van der Waals surface area contributed by atoms with Crippen molar-refractivity contribution in [2.75, 3.05) is 26.2 Å². The van der Waals surface area contributed by atoms with Gasteiger partial charge in [0, 0.05) is 31.2 Å². The summed E-state index contributed by atoms with van der Waals surface area (Å²) < 4.78 is 42.3. The van der Waals surface area contributed by atoms with Gasteiger partial charge in [0.15, 0.2) is 17.0 Å². The van der Waals surface area contributed by atoms with E-state index >= 15 is 0 Å². The first-order valence-corrected chi connectivity index (χ1v) is 10.9. The molecule has 5 rings (SSSR count). The number of fused-ring (bicyclic) bond motifs is 2. The van der Waals surface area contributed by atoms with Gasteiger partial charge in [0.05, 0.1) is 5.69 Å². The Bertz CT molecular complexity index is 1190. The molecule has 1 aromatic carbocycles. The fraction of sp³-hybridized carbons (Fsp3) is 0.409. The van der Waals surface area contributed by atoms with Crippen molar-refractivity contribution < 1.29 is 18.0 Å². The number of aryl methyl sites for hydroxylation is 1. The number of alkyl halides is 3. The van der Waals surface area contributed by atoms with E-state index in [9.17, 15) is 18.0 Å². The van der Waals surface area contributed by atoms with E-state index in [1.165, 1.54) is 0 Å². The third-order valence-electron chi connectivity index (χ3n) is 6.25. The summed E-state index contributed by atoms with van der Waals surface area (Å²) in [7, 11) is 0. The number of hydrogen-bond donors (Lipinski definition) is 0. The molecule has 2 fully saturated rings. The van der Waals surface area contributed by atoms with Crippen LogP contribution in [0.4, 0.5) is 13.2 Å². The molecule has 0 spiro atoms. The van der Waals surface area contributed by atoms with Crippen LogP contribution in [0.3, 0.4) is 0 Å². The van der Waals surface area contributed by atoms with E-state index in [-0.39, 0.29) is 28.1 Å². The maximum absolute atomic E-state index is 13.9. The molecule has 0 aliphatic carbocycles. The Morgan fingerprint density at radius 1 is 1.16 bits per heavy atom. The molecular weight excluding hydrogens is 443 g/mol. The van der Waals surface area contributed by atoms with Gasteiger partial charge in [-0.25, -0.2) is 9.50 Å². The normalized spacial score (nSPS) is 19.5. The number of halogens is 4. The highest BCUT2D eigenvalue weighted by Crippen LogP contribution is 2.35. The largest absolute Gasteiger partial charge is 0.433 e. The van der Waals surface area contributed by atoms with Crippen molar-refractivity contribution in [1.82, 2.24) is 24.4 Å². The van der Waals surface area contributed by atoms with Gasteiger partial charge in [-0.15, -0.1) is 0 Å². The van der Waals surface area contributed by atoms with Crippen LogP contribution in [0, 0.1) is 6.92 Å². The fourth-order valence-electron chi connectivity index (χ4n) is 4.53. The first kappa shape index (κ1) is 21.2. The van der Waals surface area contributed by atoms with Gasteiger partial charge >= 0.3 is 6.18 Å². The molecule has 0 radical (unpaired) electrons. The van der Waals surface area contributed by atoms with Crippen molar-refractivity contribution in [3.8, 4) is 11.3 Å². The average Bonchev–Trinajstić information content (AvgIpc) is 3.36. The van der Waals surface area contributed by atoms with Crippen molar-refractivity contribution in [3.05, 3.63) is 52.3 Å². The van der Waals surface area contributed by atoms with E-state index in [0.717, 1.165) is 37.6 Å². The van der Waals surface area contributed by atoms with E-state index in [0.29, 0.717) is 23.2 Å². The fourth-order valence-corrected chi connectivity index (χ4v) is 4.77. The van der Waals surface area contributed by atoms with Gasteiger partial charge in [0.2, 0.25) is 0 Å². The summed E-state index contributed by atoms with van der Waals surface area (Å²) in [5.74, 6) is -0.461. The lowest BCUT2D eigenvalue weighted by Gasteiger charge is -2.37. The number of rotatable bonds is 2. The Labute approximate surface area is 187 Å². The molecule has 10 heteroatoms. The molecule has 0 saturated carbocycles. The van der Waals surface area contributed by atoms with E-state index in [2.05, 4.69) is 15.0 Å². The van der Waals surface area contributed by atoms with Crippen molar-refractivity contribution in [1.29, 1.82) is 0 Å². The second-order valence-corrected chi connectivity index (χ2v) is 8.75. The van der Waals surface area contributed by atoms with Gasteiger partial charge < -0.3 is 4.90 Å². The molecule has 3 aromatic rings. The number of hydrogen-bond acceptors (Lipinski definition) is 4. The number of nitrogens with zero attached hydrogens (tertiary/aromatic N) is 5. The van der Waals surface area contributed by atoms with Crippen LogP contribution in [-0.4, -0.2) is 62.5 Å². The summed E-state index contributed by atoms with van der Waals surface area (Å²) >= 11 is 6.42. The Balaban J connectivity index is 1.58. The second kappa shape index (κ2) is 7.74. The Kier molecular flexibility index (Phi) is 5.13. The van der Waals surface area contributed by atoms with Crippen LogP contribution in [0.15, 0.2) is 30.3 Å². The molecule has 0 bridgehead atoms. The number of piperazine rings is 1. The van der Waals surface area contributed by atoms with Crippen LogP contribution < -0.4 is 0 Å². The zero-order chi connectivity index (χ0) is 22.6. The minimum absolute atomic E-state index is 0.116. The summed E-state index contributed by atoms with van der Waals surface area (Å²) in [6, 6.07) is 8.21. The van der Waals surface area contributed by atoms with Crippen molar-refractivity contribution in [2.24, 2.45) is 0 Å². The van der Waals surface area contributed by atoms with Gasteiger partial charge in [0.25, 0.3) is 5.91 Å². The van der Waals surface area contributed by atoms with E-state index < -0.39 is 17.8 Å². The lowest BCUT2D eigenvalue weighted by molar-refractivity contribution is -0.142. The zero-order valence-corrected chi connectivity index (χ0v) is 18.1. The third kappa shape index (κ3) is 3.63. The van der Waals surface area contributed by atoms with Gasteiger partial charge in [-0.05, 0) is 32.4 Å². The molecule has 0 N–H and O–H groups in total. The quantitative estimate of drug-likeness (QED) is 0.568. The number of carbonyl (C=O) groups excluding carboxylic acids is 1. The highest BCUT2D eigenvalue weighted by atomic mass is 35.5. The second-order valence-electron chi connectivity index (χ2n) is 8.37. The van der Waals surface area contributed by atoms with Crippen molar-refractivity contribution in [3.63, 3.8) is 0 Å². The molecule has 6 nitrogen and oxygen atoms in total. The van der Waals surface area contributed by atoms with E-state index in [1.807, 2.05) is 6.92 Å². The molecule has 32 heavy (non-hydrogen) atoms. The maximum atomic E-state index is 13.9. The standard InChI is InChI=1S/C22H21ClF3N5O/c1-13-4-6-14(7-5-13)16-11-17(22(24,25)26)31-20(27-16)18(23)19(28-31)21(32)30-10-9-29-8-2-3-15(29)12-30/h4-7,11,15H,2-3,8-10,12H2,1H3/t15-/m0/s1. The summed E-state index contributed by atoms with van der Waals surface area (Å²) in [4.78, 5) is 21.5. The molecular formula is C22H21ClF3N5O. The molecule has 1 amide bonds. The Morgan fingerprint density at radius 2 is 1.91 bits per heavy atom. The minimum atomic E-state index is -4.70. The predicted molar refractivity (Wildman–Crippen MR) is 114 cm³/mol. The van der Waals surface area contributed by atoms with Crippen LogP contribution in [0.2, 0.25) is 5.02 Å². The lowest BCUT2D eigenvalue weighted by atomic mass is 10.1. The average molecular weight is 464 g/mol.